The summed E-state index contributed by atoms with van der Waals surface area (Å²) >= 11 is 10.2. The van der Waals surface area contributed by atoms with Gasteiger partial charge in [-0.15, -0.1) is 0 Å². The van der Waals surface area contributed by atoms with Crippen molar-refractivity contribution in [1.29, 1.82) is 0 Å². The topological polar surface area (TPSA) is 292 Å². The van der Waals surface area contributed by atoms with Crippen LogP contribution in [0.4, 0.5) is 0 Å². The predicted molar refractivity (Wildman–Crippen MR) is 298 cm³/mol. The molecule has 0 aromatic heterocycles. The van der Waals surface area contributed by atoms with Gasteiger partial charge in [0.05, 0.1) is 32.0 Å². The van der Waals surface area contributed by atoms with Crippen LogP contribution in [-0.4, -0.2) is 117 Å². The van der Waals surface area contributed by atoms with Crippen LogP contribution < -0.4 is 58.3 Å². The van der Waals surface area contributed by atoms with E-state index >= 15 is 0 Å². The number of esters is 5. The zero-order valence-electron chi connectivity index (χ0n) is 48.4. The second-order valence-corrected chi connectivity index (χ2v) is 16.5. The van der Waals surface area contributed by atoms with Crippen molar-refractivity contribution in [3.63, 3.8) is 0 Å². The van der Waals surface area contributed by atoms with Gasteiger partial charge in [0.25, 0.3) is 0 Å². The van der Waals surface area contributed by atoms with Crippen LogP contribution in [0.25, 0.3) is 0 Å². The smallest absolute Gasteiger partial charge is 0.857 e. The Balaban J connectivity index is -0.000000931. The van der Waals surface area contributed by atoms with Crippen LogP contribution in [0, 0.1) is 27.7 Å². The number of para-hydroxylation sites is 1. The Bertz CT molecular complexity index is 2730. The molecular weight excluding hydrogens is 1130 g/mol. The van der Waals surface area contributed by atoms with Crippen LogP contribution in [-0.2, 0) is 52.6 Å². The van der Waals surface area contributed by atoms with E-state index < -0.39 is 23.9 Å². The van der Waals surface area contributed by atoms with Crippen LogP contribution in [0.5, 0.6) is 34.5 Å². The summed E-state index contributed by atoms with van der Waals surface area (Å²) in [5.74, 6) is 0.319. The zero-order valence-corrected chi connectivity index (χ0v) is 51.9. The summed E-state index contributed by atoms with van der Waals surface area (Å²) in [6.07, 6.45) is 0. The molecule has 0 bridgehead atoms. The summed E-state index contributed by atoms with van der Waals surface area (Å²) in [5, 5.41) is 25.5. The maximum atomic E-state index is 11.1. The summed E-state index contributed by atoms with van der Waals surface area (Å²) in [4.78, 5) is 89.5. The minimum Gasteiger partial charge on any atom is -0.857 e. The molecule has 0 amide bonds. The van der Waals surface area contributed by atoms with Crippen molar-refractivity contribution in [3.05, 3.63) is 142 Å². The second-order valence-electron chi connectivity index (χ2n) is 15.5. The van der Waals surface area contributed by atoms with Gasteiger partial charge in [-0.05, 0) is 175 Å². The van der Waals surface area contributed by atoms with Gasteiger partial charge in [-0.25, -0.2) is 24.0 Å². The molecule has 24 heteroatoms. The van der Waals surface area contributed by atoms with Gasteiger partial charge in [-0.3, -0.25) is 19.3 Å². The van der Waals surface area contributed by atoms with Gasteiger partial charge in [0.1, 0.15) is 34.5 Å². The van der Waals surface area contributed by atoms with E-state index in [1.54, 1.807) is 102 Å². The summed E-state index contributed by atoms with van der Waals surface area (Å²) in [6.45, 7) is 19.5. The first-order chi connectivity index (χ1) is 38.4. The number of carbonyl (C=O) groups is 8. The number of benzene rings is 5. The summed E-state index contributed by atoms with van der Waals surface area (Å²) < 4.78 is 45.0. The van der Waals surface area contributed by atoms with Crippen molar-refractivity contribution in [3.8, 4) is 34.5 Å². The monoisotopic (exact) mass is 1200 g/mol. The number of carbonyl (C=O) groups excluding carboxylic acids is 8. The molecule has 0 aliphatic carbocycles. The van der Waals surface area contributed by atoms with Crippen molar-refractivity contribution in [1.82, 2.24) is 0 Å². The minimum absolute atomic E-state index is 0. The van der Waals surface area contributed by atoms with Crippen molar-refractivity contribution >= 4 is 70.0 Å². The number of ether oxygens (including phenoxy) is 9. The van der Waals surface area contributed by atoms with Crippen LogP contribution in [0.1, 0.15) is 91.4 Å². The molecule has 0 saturated carbocycles. The Morgan fingerprint density at radius 2 is 0.878 bits per heavy atom. The molecular formula is C58H71Cl2NaO21. The fraction of sp³-hybridized carbons (Fsp3) is 0.345. The van der Waals surface area contributed by atoms with Crippen LogP contribution >= 0.6 is 23.2 Å². The fourth-order valence-electron chi connectivity index (χ4n) is 5.58. The van der Waals surface area contributed by atoms with E-state index in [9.17, 15) is 38.4 Å². The van der Waals surface area contributed by atoms with Gasteiger partial charge in [0.2, 0.25) is 5.24 Å². The van der Waals surface area contributed by atoms with E-state index in [2.05, 4.69) is 16.5 Å². The van der Waals surface area contributed by atoms with Crippen molar-refractivity contribution in [2.24, 2.45) is 0 Å². The average molecular weight is 1200 g/mol. The molecule has 0 unspecified atom stereocenters. The third-order valence-corrected chi connectivity index (χ3v) is 9.22. The van der Waals surface area contributed by atoms with E-state index in [1.807, 2.05) is 38.1 Å². The fourth-order valence-corrected chi connectivity index (χ4v) is 5.77. The number of halogens is 2. The Labute approximate surface area is 510 Å². The molecule has 5 aromatic rings. The number of hydrogen-bond donors (Lipinski definition) is 2. The van der Waals surface area contributed by atoms with Gasteiger partial charge in [-0.2, -0.15) is 12.4 Å². The second kappa shape index (κ2) is 47.4. The van der Waals surface area contributed by atoms with Gasteiger partial charge in [0, 0.05) is 24.4 Å². The summed E-state index contributed by atoms with van der Waals surface area (Å²) in [6, 6.07) is 28.4. The quantitative estimate of drug-likeness (QED) is 0.0134. The Morgan fingerprint density at radius 1 is 0.488 bits per heavy atom. The van der Waals surface area contributed by atoms with Crippen molar-refractivity contribution in [2.75, 3.05) is 60.0 Å². The third-order valence-electron chi connectivity index (χ3n) is 8.99. The first kappa shape index (κ1) is 79.0. The van der Waals surface area contributed by atoms with Crippen molar-refractivity contribution in [2.45, 2.75) is 76.2 Å². The Kier molecular flexibility index (Phi) is 45.7. The van der Waals surface area contributed by atoms with E-state index in [-0.39, 0.29) is 90.3 Å². The first-order valence-electron chi connectivity index (χ1n) is 24.5. The Hall–Kier alpha value is -7.24. The third kappa shape index (κ3) is 38.4. The Morgan fingerprint density at radius 3 is 1.23 bits per heavy atom. The first-order valence-corrected chi connectivity index (χ1v) is 25.2. The normalized spacial score (nSPS) is 9.22. The number of ketones is 1. The molecule has 0 spiro atoms. The number of aryl methyl sites for hydroxylation is 4. The molecule has 5 aromatic carbocycles. The maximum absolute atomic E-state index is 11.1. The molecule has 0 fully saturated rings. The number of Topliss-reactive ketones (excluding diaryl/α,β-unsaturated/α-hetero) is 1. The maximum Gasteiger partial charge on any atom is 1.00 e. The van der Waals surface area contributed by atoms with Gasteiger partial charge < -0.3 is 52.8 Å². The van der Waals surface area contributed by atoms with E-state index in [0.29, 0.717) is 60.0 Å². The average Bonchev–Trinajstić information content (AvgIpc) is 3.41. The molecule has 21 nitrogen and oxygen atoms in total. The number of phenolic OH excluding ortho intramolecular Hbond substituents is 1. The van der Waals surface area contributed by atoms with Crippen LogP contribution in [0.15, 0.2) is 103 Å². The number of hydrogen-bond acceptors (Lipinski definition) is 21. The predicted octanol–water partition coefficient (Wildman–Crippen LogP) is 6.30. The van der Waals surface area contributed by atoms with Crippen LogP contribution in [0.2, 0.25) is 5.02 Å². The molecule has 82 heavy (non-hydrogen) atoms. The standard InChI is InChI=1S/C13H16O5.C13H16O4.C11H14O4.C11H14O3.C7H5ClO3.C2H3ClO.CH3O.Na/c1-4-16-13(15)8-17-12-6-5-11(7-9(12)2)18-10(3)14;1-4-16-13(15)8-17-12-6-5-11(10(3)14)7-9(12)2;1-3-14-11(13)7-15-10-5-4-9(12)6-8(10)2;1-3-13-11(12)8-14-10-7-5-4-6-9(10)2;8-6-3-1-2-5(4-6)7(9)11-10;1-2(3)4;1-2;/h5-7H,4,8H2,1-3H3;5-7H,4,8H2,1-3H3;4-6,12H,3,7H2,1-2H3;4-7H,3,8H2,1-2H3;1-4,10H;1H3;1H3;/q;;;;;;-1;+1. The molecule has 0 heterocycles. The minimum atomic E-state index is -0.813. The zero-order chi connectivity index (χ0) is 61.9. The van der Waals surface area contributed by atoms with Crippen molar-refractivity contribution < 1.29 is 131 Å². The summed E-state index contributed by atoms with van der Waals surface area (Å²) in [7, 11) is 0.750. The number of phenols is 1. The van der Waals surface area contributed by atoms with E-state index in [0.717, 1.165) is 35.1 Å². The van der Waals surface area contributed by atoms with Gasteiger partial charge in [-0.1, -0.05) is 35.9 Å². The molecule has 2 N–H and O–H groups in total. The summed E-state index contributed by atoms with van der Waals surface area (Å²) in [5.41, 5.74) is 4.24. The van der Waals surface area contributed by atoms with Gasteiger partial charge >= 0.3 is 65.4 Å². The molecule has 0 aliphatic heterocycles. The van der Waals surface area contributed by atoms with E-state index in [1.165, 1.54) is 39.0 Å². The molecule has 444 valence electrons. The number of aromatic hydroxyl groups is 1. The molecule has 0 saturated heterocycles. The molecule has 0 atom stereocenters. The molecule has 0 radical (unpaired) electrons. The van der Waals surface area contributed by atoms with Crippen LogP contribution in [0.3, 0.4) is 0 Å². The number of rotatable bonds is 19. The van der Waals surface area contributed by atoms with E-state index in [4.69, 9.17) is 69.7 Å². The molecule has 0 aliphatic rings. The largest absolute Gasteiger partial charge is 1.00 e. The van der Waals surface area contributed by atoms with Gasteiger partial charge in [0.15, 0.2) is 32.2 Å². The SMILES string of the molecule is CC(=O)Cl.CCOC(=O)COc1ccc(C(C)=O)cc1C.CCOC(=O)COc1ccc(O)cc1C.CCOC(=O)COc1ccc(OC(C)=O)cc1C.CCOC(=O)COc1ccccc1C.C[O-].O=C(OO)c1cccc(Cl)c1.[Na+]. The molecule has 5 rings (SSSR count).